The van der Waals surface area contributed by atoms with Crippen LogP contribution >= 0.6 is 0 Å². The molecule has 0 radical (unpaired) electrons. The van der Waals surface area contributed by atoms with Crippen molar-refractivity contribution in [2.45, 2.75) is 57.9 Å². The molecule has 0 spiro atoms. The molecule has 4 heterocycles. The largest absolute Gasteiger partial charge is 0.379 e. The molecule has 0 N–H and O–H groups in total. The maximum absolute atomic E-state index is 13.4. The smallest absolute Gasteiger partial charge is 0.282 e. The lowest BCUT2D eigenvalue weighted by Gasteiger charge is -2.39. The minimum atomic E-state index is -3.62. The Morgan fingerprint density at radius 2 is 1.81 bits per heavy atom. The maximum Gasteiger partial charge on any atom is 0.282 e. The third-order valence-electron chi connectivity index (χ3n) is 6.84. The second kappa shape index (κ2) is 8.38. The topological polar surface area (TPSA) is 95.9 Å². The number of anilines is 1. The summed E-state index contributed by atoms with van der Waals surface area (Å²) in [6, 6.07) is -0.398. The number of morpholine rings is 1. The molecule has 1 atom stereocenters. The molecule has 1 saturated carbocycles. The van der Waals surface area contributed by atoms with Crippen molar-refractivity contribution in [3.63, 3.8) is 0 Å². The van der Waals surface area contributed by atoms with E-state index in [1.165, 1.54) is 4.31 Å². The van der Waals surface area contributed by atoms with Gasteiger partial charge < -0.3 is 4.74 Å². The first-order valence-electron chi connectivity index (χ1n) is 11.5. The molecule has 5 rings (SSSR count). The molecule has 3 fully saturated rings. The average Bonchev–Trinajstić information content (AvgIpc) is 3.60. The normalized spacial score (nSPS) is 26.2. The number of aromatic nitrogens is 2. The summed E-state index contributed by atoms with van der Waals surface area (Å²) >= 11 is 0. The zero-order valence-corrected chi connectivity index (χ0v) is 18.9. The first kappa shape index (κ1) is 21.2. The number of hydrogen-bond acceptors (Lipinski definition) is 6. The molecule has 3 aliphatic heterocycles. The number of nitrogens with zero attached hydrogens (tertiary/aromatic N) is 5. The number of fused-ring (bicyclic) bond motifs is 1. The van der Waals surface area contributed by atoms with Gasteiger partial charge in [0.05, 0.1) is 19.3 Å². The number of carbonyl (C=O) groups is 1. The first-order chi connectivity index (χ1) is 14.9. The van der Waals surface area contributed by atoms with Crippen molar-refractivity contribution in [3.8, 4) is 0 Å². The van der Waals surface area contributed by atoms with E-state index in [1.807, 2.05) is 11.8 Å². The summed E-state index contributed by atoms with van der Waals surface area (Å²) in [5.41, 5.74) is 1.89. The predicted octanol–water partition coefficient (Wildman–Crippen LogP) is 1.58. The second-order valence-corrected chi connectivity index (χ2v) is 10.9. The van der Waals surface area contributed by atoms with E-state index in [9.17, 15) is 13.2 Å². The summed E-state index contributed by atoms with van der Waals surface area (Å²) < 4.78 is 35.3. The Morgan fingerprint density at radius 1 is 1.03 bits per heavy atom. The molecule has 31 heavy (non-hydrogen) atoms. The Labute approximate surface area is 184 Å². The van der Waals surface area contributed by atoms with Crippen molar-refractivity contribution >= 4 is 21.9 Å². The SMILES string of the molecule is Cc1nc([C@H]2CCCCN2S(=O)(=O)N2CCOCC2)nc2c1CCC(=O)N2CC1CC1. The van der Waals surface area contributed by atoms with Gasteiger partial charge in [0.15, 0.2) is 0 Å². The van der Waals surface area contributed by atoms with Crippen LogP contribution in [0.5, 0.6) is 0 Å². The number of ether oxygens (including phenoxy) is 1. The van der Waals surface area contributed by atoms with Gasteiger partial charge in [-0.2, -0.15) is 17.0 Å². The Hall–Kier alpha value is -1.62. The van der Waals surface area contributed by atoms with E-state index in [0.717, 1.165) is 36.9 Å². The summed E-state index contributed by atoms with van der Waals surface area (Å²) in [7, 11) is -3.62. The number of piperidine rings is 1. The molecule has 1 aromatic rings. The number of amides is 1. The van der Waals surface area contributed by atoms with E-state index in [0.29, 0.717) is 76.2 Å². The van der Waals surface area contributed by atoms with Crippen molar-refractivity contribution in [2.24, 2.45) is 5.92 Å². The lowest BCUT2D eigenvalue weighted by molar-refractivity contribution is -0.119. The molecule has 9 nitrogen and oxygen atoms in total. The van der Waals surface area contributed by atoms with Gasteiger partial charge in [0, 0.05) is 43.9 Å². The van der Waals surface area contributed by atoms with Gasteiger partial charge in [0.2, 0.25) is 5.91 Å². The molecule has 2 saturated heterocycles. The van der Waals surface area contributed by atoms with Crippen molar-refractivity contribution < 1.29 is 17.9 Å². The van der Waals surface area contributed by atoms with Crippen LogP contribution in [0.4, 0.5) is 5.82 Å². The number of carbonyl (C=O) groups excluding carboxylic acids is 1. The zero-order valence-electron chi connectivity index (χ0n) is 18.1. The van der Waals surface area contributed by atoms with E-state index >= 15 is 0 Å². The van der Waals surface area contributed by atoms with Crippen LogP contribution in [0.2, 0.25) is 0 Å². The molecule has 0 unspecified atom stereocenters. The van der Waals surface area contributed by atoms with Crippen molar-refractivity contribution in [1.82, 2.24) is 18.6 Å². The fourth-order valence-corrected chi connectivity index (χ4v) is 6.65. The quantitative estimate of drug-likeness (QED) is 0.677. The fraction of sp³-hybridized carbons (Fsp3) is 0.762. The van der Waals surface area contributed by atoms with Gasteiger partial charge in [0.1, 0.15) is 11.6 Å². The third kappa shape index (κ3) is 4.10. The monoisotopic (exact) mass is 449 g/mol. The lowest BCUT2D eigenvalue weighted by atomic mass is 10.0. The predicted molar refractivity (Wildman–Crippen MR) is 115 cm³/mol. The molecular formula is C21H31N5O4S. The molecule has 0 bridgehead atoms. The summed E-state index contributed by atoms with van der Waals surface area (Å²) in [6.07, 6.45) is 5.92. The molecule has 1 aromatic heterocycles. The Kier molecular flexibility index (Phi) is 5.74. The Morgan fingerprint density at radius 3 is 2.55 bits per heavy atom. The number of aryl methyl sites for hydroxylation is 1. The summed E-state index contributed by atoms with van der Waals surface area (Å²) in [4.78, 5) is 24.2. The van der Waals surface area contributed by atoms with E-state index in [-0.39, 0.29) is 5.91 Å². The maximum atomic E-state index is 13.4. The fourth-order valence-electron chi connectivity index (χ4n) is 4.86. The van der Waals surface area contributed by atoms with Gasteiger partial charge in [-0.25, -0.2) is 9.97 Å². The van der Waals surface area contributed by atoms with Crippen molar-refractivity contribution in [3.05, 3.63) is 17.1 Å². The van der Waals surface area contributed by atoms with Crippen LogP contribution in [0.1, 0.15) is 61.6 Å². The highest BCUT2D eigenvalue weighted by atomic mass is 32.2. The highest BCUT2D eigenvalue weighted by Crippen LogP contribution is 2.38. The molecule has 10 heteroatoms. The average molecular weight is 450 g/mol. The van der Waals surface area contributed by atoms with Gasteiger partial charge >= 0.3 is 0 Å². The highest BCUT2D eigenvalue weighted by Gasteiger charge is 2.40. The van der Waals surface area contributed by atoms with E-state index in [1.54, 1.807) is 4.31 Å². The molecule has 0 aromatic carbocycles. The van der Waals surface area contributed by atoms with Gasteiger partial charge in [-0.3, -0.25) is 9.69 Å². The Bertz CT molecular complexity index is 959. The van der Waals surface area contributed by atoms with Gasteiger partial charge in [-0.05, 0) is 44.9 Å². The van der Waals surface area contributed by atoms with Crippen LogP contribution in [0, 0.1) is 12.8 Å². The highest BCUT2D eigenvalue weighted by molar-refractivity contribution is 7.86. The van der Waals surface area contributed by atoms with Crippen molar-refractivity contribution in [2.75, 3.05) is 44.3 Å². The van der Waals surface area contributed by atoms with Crippen LogP contribution in [-0.2, 0) is 26.2 Å². The standard InChI is InChI=1S/C21H31N5O4S/c1-15-17-7-8-19(27)25(14-16-5-6-16)21(17)23-20(22-15)18-4-2-3-9-26(18)31(28,29)24-10-12-30-13-11-24/h16,18H,2-14H2,1H3/t18-/m1/s1. The number of hydrogen-bond donors (Lipinski definition) is 0. The molecule has 170 valence electrons. The summed E-state index contributed by atoms with van der Waals surface area (Å²) in [6.45, 7) is 4.73. The third-order valence-corrected chi connectivity index (χ3v) is 8.88. The van der Waals surface area contributed by atoms with Crippen LogP contribution in [0.25, 0.3) is 0 Å². The van der Waals surface area contributed by atoms with Crippen LogP contribution in [0.15, 0.2) is 0 Å². The van der Waals surface area contributed by atoms with Gasteiger partial charge in [0.25, 0.3) is 10.2 Å². The van der Waals surface area contributed by atoms with Gasteiger partial charge in [-0.1, -0.05) is 6.42 Å². The van der Waals surface area contributed by atoms with Gasteiger partial charge in [-0.15, -0.1) is 0 Å². The minimum Gasteiger partial charge on any atom is -0.379 e. The minimum absolute atomic E-state index is 0.116. The van der Waals surface area contributed by atoms with Crippen LogP contribution in [-0.4, -0.2) is 72.3 Å². The molecule has 1 amide bonds. The summed E-state index contributed by atoms with van der Waals surface area (Å²) in [5.74, 6) is 1.91. The first-order valence-corrected chi connectivity index (χ1v) is 12.9. The van der Waals surface area contributed by atoms with Crippen LogP contribution < -0.4 is 4.90 Å². The summed E-state index contributed by atoms with van der Waals surface area (Å²) in [5, 5.41) is 0. The molecule has 4 aliphatic rings. The van der Waals surface area contributed by atoms with E-state index in [2.05, 4.69) is 0 Å². The van der Waals surface area contributed by atoms with Crippen LogP contribution in [0.3, 0.4) is 0 Å². The number of rotatable bonds is 5. The second-order valence-electron chi connectivity index (χ2n) is 9.06. The molecule has 1 aliphatic carbocycles. The van der Waals surface area contributed by atoms with Crippen molar-refractivity contribution in [1.29, 1.82) is 0 Å². The lowest BCUT2D eigenvalue weighted by Crippen LogP contribution is -2.51. The Balaban J connectivity index is 1.50. The van der Waals surface area contributed by atoms with E-state index < -0.39 is 16.3 Å². The zero-order chi connectivity index (χ0) is 21.6. The molecular weight excluding hydrogens is 418 g/mol. The van der Waals surface area contributed by atoms with E-state index in [4.69, 9.17) is 14.7 Å².